The first-order valence-corrected chi connectivity index (χ1v) is 8.53. The van der Waals surface area contributed by atoms with Crippen molar-refractivity contribution in [1.82, 2.24) is 14.7 Å². The van der Waals surface area contributed by atoms with Gasteiger partial charge in [-0.05, 0) is 13.3 Å². The first kappa shape index (κ1) is 22.0. The summed E-state index contributed by atoms with van der Waals surface area (Å²) in [5.74, 6) is -3.13. The second-order valence-corrected chi connectivity index (χ2v) is 6.47. The molecule has 0 aromatic heterocycles. The van der Waals surface area contributed by atoms with Gasteiger partial charge >= 0.3 is 17.9 Å². The molecule has 0 aliphatic carbocycles. The van der Waals surface area contributed by atoms with Crippen LogP contribution in [0.1, 0.15) is 19.8 Å². The van der Waals surface area contributed by atoms with Crippen molar-refractivity contribution in [2.75, 3.05) is 52.4 Å². The number of ketones is 1. The van der Waals surface area contributed by atoms with Crippen LogP contribution in [0.15, 0.2) is 0 Å². The second kappa shape index (κ2) is 10.8. The minimum absolute atomic E-state index is 0.0967. The highest BCUT2D eigenvalue weighted by molar-refractivity contribution is 5.78. The zero-order chi connectivity index (χ0) is 19.7. The largest absolute Gasteiger partial charge is 0.480 e. The number of carboxylic acid groups (broad SMARTS) is 3. The van der Waals surface area contributed by atoms with Crippen LogP contribution in [0.3, 0.4) is 0 Å². The number of rotatable bonds is 9. The minimum Gasteiger partial charge on any atom is -0.480 e. The Labute approximate surface area is 152 Å². The summed E-state index contributed by atoms with van der Waals surface area (Å²) >= 11 is 0. The van der Waals surface area contributed by atoms with Gasteiger partial charge in [-0.15, -0.1) is 0 Å². The molecule has 1 fully saturated rings. The van der Waals surface area contributed by atoms with Gasteiger partial charge in [0.25, 0.3) is 0 Å². The summed E-state index contributed by atoms with van der Waals surface area (Å²) in [6.45, 7) is 3.18. The molecule has 0 unspecified atom stereocenters. The highest BCUT2D eigenvalue weighted by atomic mass is 16.4. The number of nitrogens with zero attached hydrogens (tertiary/aromatic N) is 3. The van der Waals surface area contributed by atoms with Crippen LogP contribution in [-0.2, 0) is 19.2 Å². The Morgan fingerprint density at radius 1 is 0.808 bits per heavy atom. The summed E-state index contributed by atoms with van der Waals surface area (Å²) in [7, 11) is 0. The van der Waals surface area contributed by atoms with Gasteiger partial charge in [0.2, 0.25) is 0 Å². The number of carbonyl (C=O) groups is 4. The molecular formula is C16H27N3O7. The highest BCUT2D eigenvalue weighted by Gasteiger charge is 2.28. The maximum atomic E-state index is 11.6. The Bertz CT molecular complexity index is 498. The minimum atomic E-state index is -1.04. The molecule has 1 aliphatic rings. The smallest absolute Gasteiger partial charge is 0.320 e. The Hall–Kier alpha value is -2.04. The van der Waals surface area contributed by atoms with E-state index in [-0.39, 0.29) is 31.7 Å². The van der Waals surface area contributed by atoms with Crippen molar-refractivity contribution in [3.05, 3.63) is 0 Å². The Balaban J connectivity index is 2.90. The van der Waals surface area contributed by atoms with Gasteiger partial charge < -0.3 is 20.1 Å². The summed E-state index contributed by atoms with van der Waals surface area (Å²) in [4.78, 5) is 49.9. The third kappa shape index (κ3) is 8.37. The van der Waals surface area contributed by atoms with Crippen LogP contribution in [0.5, 0.6) is 0 Å². The molecule has 3 N–H and O–H groups in total. The molecule has 0 bridgehead atoms. The van der Waals surface area contributed by atoms with E-state index in [0.717, 1.165) is 0 Å². The molecule has 1 heterocycles. The number of carbonyl (C=O) groups excluding carboxylic acids is 1. The third-order valence-electron chi connectivity index (χ3n) is 4.35. The number of hydrogen-bond acceptors (Lipinski definition) is 7. The van der Waals surface area contributed by atoms with Crippen molar-refractivity contribution >= 4 is 23.7 Å². The normalized spacial score (nSPS) is 19.1. The molecule has 0 aromatic carbocycles. The molecule has 10 heteroatoms. The summed E-state index contributed by atoms with van der Waals surface area (Å²) in [6.07, 6.45) is 0.313. The van der Waals surface area contributed by atoms with Crippen LogP contribution in [0.25, 0.3) is 0 Å². The molecule has 1 atom stereocenters. The predicted octanol–water partition coefficient (Wildman–Crippen LogP) is -1.10. The fraction of sp³-hybridized carbons (Fsp3) is 0.750. The van der Waals surface area contributed by atoms with Crippen molar-refractivity contribution in [2.45, 2.75) is 25.8 Å². The van der Waals surface area contributed by atoms with Gasteiger partial charge in [0.05, 0.1) is 13.1 Å². The van der Waals surface area contributed by atoms with E-state index in [0.29, 0.717) is 39.3 Å². The van der Waals surface area contributed by atoms with E-state index in [2.05, 4.69) is 0 Å². The van der Waals surface area contributed by atoms with Crippen LogP contribution >= 0.6 is 0 Å². The van der Waals surface area contributed by atoms with Gasteiger partial charge in [-0.1, -0.05) is 0 Å². The van der Waals surface area contributed by atoms with Crippen molar-refractivity contribution in [2.24, 2.45) is 0 Å². The Morgan fingerprint density at radius 2 is 1.23 bits per heavy atom. The molecule has 1 aliphatic heterocycles. The van der Waals surface area contributed by atoms with E-state index < -0.39 is 23.9 Å². The summed E-state index contributed by atoms with van der Waals surface area (Å²) in [5, 5.41) is 27.6. The standard InChI is InChI=1S/C16H27N3O7/c1-12(20)2-3-13(16(25)26)19-8-6-17(10-14(21)22)4-5-18(7-9-19)11-15(23)24/h13H,2-11H2,1H3,(H,21,22)(H,23,24)(H,25,26)/t13-/m1/s1. The number of hydrogen-bond donors (Lipinski definition) is 3. The molecule has 0 spiro atoms. The first-order chi connectivity index (χ1) is 12.2. The third-order valence-corrected chi connectivity index (χ3v) is 4.35. The molecular weight excluding hydrogens is 346 g/mol. The maximum Gasteiger partial charge on any atom is 0.320 e. The lowest BCUT2D eigenvalue weighted by Crippen LogP contribution is -2.47. The van der Waals surface area contributed by atoms with Crippen molar-refractivity contribution in [1.29, 1.82) is 0 Å². The van der Waals surface area contributed by atoms with Gasteiger partial charge in [0.15, 0.2) is 0 Å². The number of aliphatic carboxylic acids is 3. The molecule has 26 heavy (non-hydrogen) atoms. The molecule has 1 saturated heterocycles. The molecule has 1 rings (SSSR count). The van der Waals surface area contributed by atoms with Gasteiger partial charge in [-0.25, -0.2) is 0 Å². The average Bonchev–Trinajstić information content (AvgIpc) is 2.59. The highest BCUT2D eigenvalue weighted by Crippen LogP contribution is 2.11. The monoisotopic (exact) mass is 373 g/mol. The van der Waals surface area contributed by atoms with Crippen LogP contribution in [0.4, 0.5) is 0 Å². The van der Waals surface area contributed by atoms with Gasteiger partial charge in [0, 0.05) is 45.7 Å². The zero-order valence-electron chi connectivity index (χ0n) is 15.0. The molecule has 0 aromatic rings. The van der Waals surface area contributed by atoms with Crippen molar-refractivity contribution in [3.8, 4) is 0 Å². The molecule has 10 nitrogen and oxygen atoms in total. The summed E-state index contributed by atoms with van der Waals surface area (Å²) in [5.41, 5.74) is 0. The summed E-state index contributed by atoms with van der Waals surface area (Å²) < 4.78 is 0. The lowest BCUT2D eigenvalue weighted by Gasteiger charge is -2.30. The fourth-order valence-corrected chi connectivity index (χ4v) is 2.97. The number of Topliss-reactive ketones (excluding diaryl/α,β-unsaturated/α-hetero) is 1. The van der Waals surface area contributed by atoms with Crippen LogP contribution < -0.4 is 0 Å². The lowest BCUT2D eigenvalue weighted by molar-refractivity contribution is -0.144. The Morgan fingerprint density at radius 3 is 1.58 bits per heavy atom. The van der Waals surface area contributed by atoms with Gasteiger partial charge in [-0.2, -0.15) is 0 Å². The van der Waals surface area contributed by atoms with E-state index in [1.165, 1.54) is 6.92 Å². The van der Waals surface area contributed by atoms with Crippen molar-refractivity contribution < 1.29 is 34.5 Å². The SMILES string of the molecule is CC(=O)CC[C@H](C(=O)O)N1CCN(CC(=O)O)CCN(CC(=O)O)CC1. The predicted molar refractivity (Wildman–Crippen MR) is 91.1 cm³/mol. The van der Waals surface area contributed by atoms with Crippen LogP contribution in [0.2, 0.25) is 0 Å². The number of carboxylic acids is 3. The topological polar surface area (TPSA) is 139 Å². The van der Waals surface area contributed by atoms with E-state index in [4.69, 9.17) is 10.2 Å². The molecule has 0 amide bonds. The van der Waals surface area contributed by atoms with E-state index >= 15 is 0 Å². The van der Waals surface area contributed by atoms with E-state index in [1.807, 2.05) is 0 Å². The van der Waals surface area contributed by atoms with Crippen molar-refractivity contribution in [3.63, 3.8) is 0 Å². The fourth-order valence-electron chi connectivity index (χ4n) is 2.97. The van der Waals surface area contributed by atoms with Crippen LogP contribution in [0, 0.1) is 0 Å². The second-order valence-electron chi connectivity index (χ2n) is 6.47. The van der Waals surface area contributed by atoms with Gasteiger partial charge in [-0.3, -0.25) is 29.1 Å². The first-order valence-electron chi connectivity index (χ1n) is 8.53. The van der Waals surface area contributed by atoms with Crippen LogP contribution in [-0.4, -0.2) is 112 Å². The van der Waals surface area contributed by atoms with Gasteiger partial charge in [0.1, 0.15) is 11.8 Å². The van der Waals surface area contributed by atoms with E-state index in [1.54, 1.807) is 14.7 Å². The average molecular weight is 373 g/mol. The molecule has 148 valence electrons. The van der Waals surface area contributed by atoms with E-state index in [9.17, 15) is 24.3 Å². The lowest BCUT2D eigenvalue weighted by atomic mass is 10.1. The quantitative estimate of drug-likeness (QED) is 0.456. The maximum absolute atomic E-state index is 11.6. The zero-order valence-corrected chi connectivity index (χ0v) is 15.0. The Kier molecular flexibility index (Phi) is 9.17. The molecule has 0 radical (unpaired) electrons. The summed E-state index contributed by atoms with van der Waals surface area (Å²) in [6, 6.07) is -0.865. The molecule has 0 saturated carbocycles.